The molecule has 130 valence electrons. The number of hydrogen-bond acceptors (Lipinski definition) is 3. The van der Waals surface area contributed by atoms with Crippen molar-refractivity contribution < 1.29 is 0 Å². The maximum atomic E-state index is 4.88. The molecule has 2 aromatic heterocycles. The Morgan fingerprint density at radius 2 is 1.79 bits per heavy atom. The van der Waals surface area contributed by atoms with Gasteiger partial charge in [0, 0.05) is 31.5 Å². The van der Waals surface area contributed by atoms with Gasteiger partial charge in [0.2, 0.25) is 0 Å². The molecule has 1 saturated heterocycles. The minimum absolute atomic E-state index is 0.884. The van der Waals surface area contributed by atoms with Crippen molar-refractivity contribution in [3.63, 3.8) is 0 Å². The van der Waals surface area contributed by atoms with Gasteiger partial charge in [0.1, 0.15) is 0 Å². The summed E-state index contributed by atoms with van der Waals surface area (Å²) in [5, 5.41) is 0. The van der Waals surface area contributed by atoms with Gasteiger partial charge in [-0.3, -0.25) is 9.97 Å². The second-order valence-corrected chi connectivity index (χ2v) is 7.29. The molecule has 1 fully saturated rings. The second-order valence-electron chi connectivity index (χ2n) is 7.29. The lowest BCUT2D eigenvalue weighted by molar-refractivity contribution is 0.324. The molecule has 0 spiro atoms. The number of likely N-dealkylation sites (tertiary alicyclic amines) is 1. The first-order valence-electron chi connectivity index (χ1n) is 9.62. The minimum atomic E-state index is 0.884. The summed E-state index contributed by atoms with van der Waals surface area (Å²) in [5.74, 6) is 1.77. The first-order chi connectivity index (χ1) is 11.7. The standard InChI is InChI=1S/C21H31N3/c1-5-16-13-24(14-17(16)6-2)11-10-19-15(4)12-22-20-9-8-18(7-3)23-21(19)20/h8-9,12,16-17H,5-7,10-11,13-14H2,1-4H3. The fourth-order valence-corrected chi connectivity index (χ4v) is 4.18. The van der Waals surface area contributed by atoms with Gasteiger partial charge >= 0.3 is 0 Å². The van der Waals surface area contributed by atoms with Gasteiger partial charge < -0.3 is 4.90 Å². The molecule has 1 aliphatic heterocycles. The van der Waals surface area contributed by atoms with Crippen molar-refractivity contribution in [2.24, 2.45) is 11.8 Å². The fourth-order valence-electron chi connectivity index (χ4n) is 4.18. The van der Waals surface area contributed by atoms with Gasteiger partial charge in [0.05, 0.1) is 11.0 Å². The van der Waals surface area contributed by atoms with E-state index in [0.29, 0.717) is 0 Å². The van der Waals surface area contributed by atoms with Crippen LogP contribution in [0.1, 0.15) is 50.4 Å². The third kappa shape index (κ3) is 3.46. The highest BCUT2D eigenvalue weighted by Gasteiger charge is 2.29. The van der Waals surface area contributed by atoms with E-state index in [0.717, 1.165) is 47.9 Å². The molecule has 3 heterocycles. The highest BCUT2D eigenvalue weighted by atomic mass is 15.1. The van der Waals surface area contributed by atoms with E-state index in [1.165, 1.54) is 37.1 Å². The Kier molecular flexibility index (Phi) is 5.50. The van der Waals surface area contributed by atoms with Crippen molar-refractivity contribution in [1.82, 2.24) is 14.9 Å². The number of nitrogens with zero attached hydrogens (tertiary/aromatic N) is 3. The average molecular weight is 326 g/mol. The lowest BCUT2D eigenvalue weighted by Gasteiger charge is -2.17. The van der Waals surface area contributed by atoms with E-state index in [4.69, 9.17) is 4.98 Å². The lowest BCUT2D eigenvalue weighted by Crippen LogP contribution is -2.24. The van der Waals surface area contributed by atoms with Crippen molar-refractivity contribution in [3.8, 4) is 0 Å². The largest absolute Gasteiger partial charge is 0.302 e. The van der Waals surface area contributed by atoms with E-state index in [-0.39, 0.29) is 0 Å². The van der Waals surface area contributed by atoms with E-state index in [1.807, 2.05) is 6.20 Å². The highest BCUT2D eigenvalue weighted by molar-refractivity contribution is 5.79. The zero-order chi connectivity index (χ0) is 17.1. The van der Waals surface area contributed by atoms with Crippen LogP contribution < -0.4 is 0 Å². The maximum absolute atomic E-state index is 4.88. The zero-order valence-corrected chi connectivity index (χ0v) is 15.7. The molecule has 0 aromatic carbocycles. The van der Waals surface area contributed by atoms with Crippen molar-refractivity contribution in [1.29, 1.82) is 0 Å². The number of hydrogen-bond donors (Lipinski definition) is 0. The van der Waals surface area contributed by atoms with Crippen molar-refractivity contribution in [3.05, 3.63) is 35.2 Å². The topological polar surface area (TPSA) is 29.0 Å². The summed E-state index contributed by atoms with van der Waals surface area (Å²) < 4.78 is 0. The van der Waals surface area contributed by atoms with Crippen LogP contribution in [-0.2, 0) is 12.8 Å². The Hall–Kier alpha value is -1.48. The number of aromatic nitrogens is 2. The molecule has 2 aromatic rings. The molecule has 0 aliphatic carbocycles. The molecular weight excluding hydrogens is 294 g/mol. The van der Waals surface area contributed by atoms with Gasteiger partial charge in [-0.15, -0.1) is 0 Å². The van der Waals surface area contributed by atoms with Gasteiger partial charge in [-0.2, -0.15) is 0 Å². The van der Waals surface area contributed by atoms with E-state index >= 15 is 0 Å². The molecule has 1 aliphatic rings. The number of fused-ring (bicyclic) bond motifs is 1. The number of rotatable bonds is 6. The Bertz CT molecular complexity index is 683. The predicted molar refractivity (Wildman–Crippen MR) is 101 cm³/mol. The Balaban J connectivity index is 1.79. The smallest absolute Gasteiger partial charge is 0.0925 e. The van der Waals surface area contributed by atoms with Gasteiger partial charge in [-0.1, -0.05) is 33.6 Å². The number of aryl methyl sites for hydroxylation is 2. The summed E-state index contributed by atoms with van der Waals surface area (Å²) in [6.07, 6.45) is 6.70. The molecule has 3 nitrogen and oxygen atoms in total. The van der Waals surface area contributed by atoms with Crippen LogP contribution in [0.4, 0.5) is 0 Å². The van der Waals surface area contributed by atoms with Crippen LogP contribution in [0.5, 0.6) is 0 Å². The van der Waals surface area contributed by atoms with E-state index in [2.05, 4.69) is 49.7 Å². The summed E-state index contributed by atoms with van der Waals surface area (Å²) >= 11 is 0. The molecule has 0 amide bonds. The van der Waals surface area contributed by atoms with E-state index in [9.17, 15) is 0 Å². The molecule has 24 heavy (non-hydrogen) atoms. The quantitative estimate of drug-likeness (QED) is 0.787. The average Bonchev–Trinajstić information content (AvgIpc) is 3.02. The molecule has 0 bridgehead atoms. The third-order valence-corrected chi connectivity index (χ3v) is 5.83. The molecule has 0 saturated carbocycles. The van der Waals surface area contributed by atoms with Crippen LogP contribution >= 0.6 is 0 Å². The molecular formula is C21H31N3. The lowest BCUT2D eigenvalue weighted by atomic mass is 9.92. The summed E-state index contributed by atoms with van der Waals surface area (Å²) in [6.45, 7) is 12.7. The summed E-state index contributed by atoms with van der Waals surface area (Å²) in [6, 6.07) is 4.23. The van der Waals surface area contributed by atoms with Crippen LogP contribution in [-0.4, -0.2) is 34.5 Å². The predicted octanol–water partition coefficient (Wildman–Crippen LogP) is 4.41. The van der Waals surface area contributed by atoms with Crippen molar-refractivity contribution in [2.75, 3.05) is 19.6 Å². The Labute approximate surface area is 146 Å². The van der Waals surface area contributed by atoms with E-state index in [1.54, 1.807) is 0 Å². The van der Waals surface area contributed by atoms with Gasteiger partial charge in [0.25, 0.3) is 0 Å². The summed E-state index contributed by atoms with van der Waals surface area (Å²) in [5.41, 5.74) is 5.99. The monoisotopic (exact) mass is 325 g/mol. The molecule has 3 heteroatoms. The summed E-state index contributed by atoms with van der Waals surface area (Å²) in [4.78, 5) is 12.1. The SMILES string of the molecule is CCc1ccc2ncc(C)c(CCN3CC(CC)C(CC)C3)c2n1. The maximum Gasteiger partial charge on any atom is 0.0925 e. The third-order valence-electron chi connectivity index (χ3n) is 5.83. The van der Waals surface area contributed by atoms with Crippen LogP contribution in [0.3, 0.4) is 0 Å². The van der Waals surface area contributed by atoms with Crippen LogP contribution in [0.2, 0.25) is 0 Å². The molecule has 0 radical (unpaired) electrons. The van der Waals surface area contributed by atoms with Gasteiger partial charge in [-0.05, 0) is 54.9 Å². The normalized spacial score (nSPS) is 21.7. The summed E-state index contributed by atoms with van der Waals surface area (Å²) in [7, 11) is 0. The highest BCUT2D eigenvalue weighted by Crippen LogP contribution is 2.29. The second kappa shape index (κ2) is 7.60. The zero-order valence-electron chi connectivity index (χ0n) is 15.7. The van der Waals surface area contributed by atoms with Crippen LogP contribution in [0.25, 0.3) is 11.0 Å². The Morgan fingerprint density at radius 1 is 1.08 bits per heavy atom. The first kappa shape index (κ1) is 17.3. The molecule has 2 atom stereocenters. The Morgan fingerprint density at radius 3 is 2.42 bits per heavy atom. The van der Waals surface area contributed by atoms with Gasteiger partial charge in [-0.25, -0.2) is 0 Å². The first-order valence-corrected chi connectivity index (χ1v) is 9.62. The van der Waals surface area contributed by atoms with Crippen LogP contribution in [0, 0.1) is 18.8 Å². The fraction of sp³-hybridized carbons (Fsp3) is 0.619. The van der Waals surface area contributed by atoms with Crippen molar-refractivity contribution >= 4 is 11.0 Å². The minimum Gasteiger partial charge on any atom is -0.302 e. The molecule has 3 rings (SSSR count). The van der Waals surface area contributed by atoms with Crippen molar-refractivity contribution in [2.45, 2.75) is 53.4 Å². The van der Waals surface area contributed by atoms with Gasteiger partial charge in [0.15, 0.2) is 0 Å². The number of pyridine rings is 2. The molecule has 2 unspecified atom stereocenters. The van der Waals surface area contributed by atoms with E-state index < -0.39 is 0 Å². The molecule has 0 N–H and O–H groups in total. The van der Waals surface area contributed by atoms with Crippen LogP contribution in [0.15, 0.2) is 18.3 Å².